The van der Waals surface area contributed by atoms with Gasteiger partial charge >= 0.3 is 0 Å². The predicted octanol–water partition coefficient (Wildman–Crippen LogP) is 0.235. The van der Waals surface area contributed by atoms with Gasteiger partial charge < -0.3 is 5.32 Å². The molecule has 1 unspecified atom stereocenters. The van der Waals surface area contributed by atoms with Gasteiger partial charge in [0.05, 0.1) is 11.3 Å². The van der Waals surface area contributed by atoms with Crippen molar-refractivity contribution in [1.82, 2.24) is 25.5 Å². The van der Waals surface area contributed by atoms with E-state index < -0.39 is 0 Å². The van der Waals surface area contributed by atoms with Gasteiger partial charge in [0, 0.05) is 7.05 Å². The van der Waals surface area contributed by atoms with Crippen LogP contribution in [0.4, 0.5) is 0 Å². The summed E-state index contributed by atoms with van der Waals surface area (Å²) in [6, 6.07) is 0.444. The van der Waals surface area contributed by atoms with Crippen molar-refractivity contribution >= 4 is 17.7 Å². The molecule has 1 N–H and O–H groups in total. The maximum Gasteiger partial charge on any atom is 0.233 e. The lowest BCUT2D eigenvalue weighted by atomic mass is 10.4. The van der Waals surface area contributed by atoms with Crippen molar-refractivity contribution in [2.24, 2.45) is 0 Å². The third-order valence-electron chi connectivity index (χ3n) is 2.25. The Balaban J connectivity index is 2.03. The fourth-order valence-corrected chi connectivity index (χ4v) is 2.14. The standard InChI is InChI=1S/C8H13N5OS/c1-5(7(14)9-2)15-8-10-11-12-13(8)6-3-4-6/h5-6H,3-4H2,1-2H3,(H,9,14). The van der Waals surface area contributed by atoms with Crippen molar-refractivity contribution in [2.75, 3.05) is 7.05 Å². The largest absolute Gasteiger partial charge is 0.358 e. The van der Waals surface area contributed by atoms with Crippen LogP contribution in [0.25, 0.3) is 0 Å². The number of hydrogen-bond acceptors (Lipinski definition) is 5. The monoisotopic (exact) mass is 227 g/mol. The summed E-state index contributed by atoms with van der Waals surface area (Å²) in [5, 5.41) is 14.6. The highest BCUT2D eigenvalue weighted by molar-refractivity contribution is 8.00. The number of carbonyl (C=O) groups excluding carboxylic acids is 1. The molecule has 1 aromatic heterocycles. The molecule has 1 amide bonds. The van der Waals surface area contributed by atoms with Gasteiger partial charge in [-0.05, 0) is 30.2 Å². The average molecular weight is 227 g/mol. The Morgan fingerprint density at radius 2 is 2.40 bits per heavy atom. The number of carbonyl (C=O) groups is 1. The van der Waals surface area contributed by atoms with Crippen LogP contribution in [0.1, 0.15) is 25.8 Å². The van der Waals surface area contributed by atoms with Gasteiger partial charge in [-0.25, -0.2) is 4.68 Å². The number of nitrogens with one attached hydrogen (secondary N) is 1. The van der Waals surface area contributed by atoms with E-state index >= 15 is 0 Å². The number of amides is 1. The smallest absolute Gasteiger partial charge is 0.233 e. The predicted molar refractivity (Wildman–Crippen MR) is 55.5 cm³/mol. The van der Waals surface area contributed by atoms with Gasteiger partial charge in [0.2, 0.25) is 11.1 Å². The summed E-state index contributed by atoms with van der Waals surface area (Å²) in [5.74, 6) is -0.00894. The second-order valence-corrected chi connectivity index (χ2v) is 4.82. The number of nitrogens with zero attached hydrogens (tertiary/aromatic N) is 4. The third kappa shape index (κ3) is 2.28. The lowest BCUT2D eigenvalue weighted by molar-refractivity contribution is -0.119. The minimum absolute atomic E-state index is 0.00894. The van der Waals surface area contributed by atoms with Crippen molar-refractivity contribution in [3.63, 3.8) is 0 Å². The maximum atomic E-state index is 11.3. The second-order valence-electron chi connectivity index (χ2n) is 3.51. The summed E-state index contributed by atoms with van der Waals surface area (Å²) < 4.78 is 1.81. The lowest BCUT2D eigenvalue weighted by Gasteiger charge is -2.08. The maximum absolute atomic E-state index is 11.3. The summed E-state index contributed by atoms with van der Waals surface area (Å²) in [6.07, 6.45) is 2.26. The molecule has 1 heterocycles. The number of thioether (sulfide) groups is 1. The van der Waals surface area contributed by atoms with E-state index in [0.717, 1.165) is 18.0 Å². The van der Waals surface area contributed by atoms with Gasteiger partial charge in [-0.15, -0.1) is 5.10 Å². The summed E-state index contributed by atoms with van der Waals surface area (Å²) in [6.45, 7) is 1.84. The minimum Gasteiger partial charge on any atom is -0.358 e. The molecule has 1 aromatic rings. The Labute approximate surface area is 91.8 Å². The molecule has 0 radical (unpaired) electrons. The van der Waals surface area contributed by atoms with Crippen LogP contribution in [0.3, 0.4) is 0 Å². The Kier molecular flexibility index (Phi) is 2.90. The first-order valence-corrected chi connectivity index (χ1v) is 5.76. The van der Waals surface area contributed by atoms with Crippen molar-refractivity contribution in [3.05, 3.63) is 0 Å². The highest BCUT2D eigenvalue weighted by Gasteiger charge is 2.29. The zero-order valence-electron chi connectivity index (χ0n) is 8.67. The molecule has 0 bridgehead atoms. The second kappa shape index (κ2) is 4.18. The van der Waals surface area contributed by atoms with E-state index in [-0.39, 0.29) is 11.2 Å². The van der Waals surface area contributed by atoms with Gasteiger partial charge in [0.1, 0.15) is 0 Å². The van der Waals surface area contributed by atoms with E-state index in [1.807, 2.05) is 11.6 Å². The molecule has 1 saturated carbocycles. The lowest BCUT2D eigenvalue weighted by Crippen LogP contribution is -2.27. The topological polar surface area (TPSA) is 72.7 Å². The molecule has 6 nitrogen and oxygen atoms in total. The number of hydrogen-bond donors (Lipinski definition) is 1. The van der Waals surface area contributed by atoms with Crippen molar-refractivity contribution < 1.29 is 4.79 Å². The molecule has 1 atom stereocenters. The molecule has 7 heteroatoms. The minimum atomic E-state index is -0.168. The van der Waals surface area contributed by atoms with E-state index in [1.54, 1.807) is 7.05 Å². The van der Waals surface area contributed by atoms with Crippen molar-refractivity contribution in [3.8, 4) is 0 Å². The van der Waals surface area contributed by atoms with Crippen LogP contribution in [0.2, 0.25) is 0 Å². The summed E-state index contributed by atoms with van der Waals surface area (Å²) in [5.41, 5.74) is 0. The van der Waals surface area contributed by atoms with Gasteiger partial charge in [-0.3, -0.25) is 4.79 Å². The molecule has 1 aliphatic rings. The molecule has 1 aliphatic carbocycles. The molecule has 0 saturated heterocycles. The molecule has 15 heavy (non-hydrogen) atoms. The summed E-state index contributed by atoms with van der Waals surface area (Å²) in [7, 11) is 1.63. The molecule has 1 fully saturated rings. The molecule has 2 rings (SSSR count). The van der Waals surface area contributed by atoms with Crippen LogP contribution >= 0.6 is 11.8 Å². The Hall–Kier alpha value is -1.11. The molecular weight excluding hydrogens is 214 g/mol. The van der Waals surface area contributed by atoms with Crippen molar-refractivity contribution in [1.29, 1.82) is 0 Å². The van der Waals surface area contributed by atoms with Gasteiger partial charge in [-0.2, -0.15) is 0 Å². The van der Waals surface area contributed by atoms with Gasteiger partial charge in [0.25, 0.3) is 0 Å². The van der Waals surface area contributed by atoms with Crippen LogP contribution in [-0.2, 0) is 4.79 Å². The van der Waals surface area contributed by atoms with Gasteiger partial charge in [0.15, 0.2) is 0 Å². The molecule has 82 valence electrons. The normalized spacial score (nSPS) is 17.5. The Bertz CT molecular complexity index is 362. The molecular formula is C8H13N5OS. The fourth-order valence-electron chi connectivity index (χ4n) is 1.23. The first-order chi connectivity index (χ1) is 7.22. The first kappa shape index (κ1) is 10.4. The van der Waals surface area contributed by atoms with E-state index in [2.05, 4.69) is 20.8 Å². The zero-order valence-corrected chi connectivity index (χ0v) is 9.49. The third-order valence-corrected chi connectivity index (χ3v) is 3.30. The van der Waals surface area contributed by atoms with E-state index in [9.17, 15) is 4.79 Å². The number of tetrazole rings is 1. The van der Waals surface area contributed by atoms with Crippen LogP contribution in [0, 0.1) is 0 Å². The number of rotatable bonds is 4. The summed E-state index contributed by atoms with van der Waals surface area (Å²) in [4.78, 5) is 11.3. The van der Waals surface area contributed by atoms with Crippen LogP contribution < -0.4 is 5.32 Å². The zero-order chi connectivity index (χ0) is 10.8. The summed E-state index contributed by atoms with van der Waals surface area (Å²) >= 11 is 1.39. The first-order valence-electron chi connectivity index (χ1n) is 4.88. The van der Waals surface area contributed by atoms with E-state index in [4.69, 9.17) is 0 Å². The Morgan fingerprint density at radius 1 is 1.67 bits per heavy atom. The van der Waals surface area contributed by atoms with Gasteiger partial charge in [-0.1, -0.05) is 11.8 Å². The Morgan fingerprint density at radius 3 is 3.00 bits per heavy atom. The SMILES string of the molecule is CNC(=O)C(C)Sc1nnnn1C1CC1. The number of aromatic nitrogens is 4. The van der Waals surface area contributed by atoms with E-state index in [1.165, 1.54) is 11.8 Å². The van der Waals surface area contributed by atoms with Crippen LogP contribution in [-0.4, -0.2) is 38.4 Å². The van der Waals surface area contributed by atoms with Crippen molar-refractivity contribution in [2.45, 2.75) is 36.2 Å². The fraction of sp³-hybridized carbons (Fsp3) is 0.750. The quantitative estimate of drug-likeness (QED) is 0.746. The van der Waals surface area contributed by atoms with Crippen LogP contribution in [0.5, 0.6) is 0 Å². The van der Waals surface area contributed by atoms with Crippen LogP contribution in [0.15, 0.2) is 5.16 Å². The highest BCUT2D eigenvalue weighted by atomic mass is 32.2. The van der Waals surface area contributed by atoms with E-state index in [0.29, 0.717) is 6.04 Å². The molecule has 0 spiro atoms. The highest BCUT2D eigenvalue weighted by Crippen LogP contribution is 2.37. The molecule has 0 aliphatic heterocycles. The molecule has 0 aromatic carbocycles. The average Bonchev–Trinajstić information content (AvgIpc) is 2.99.